The van der Waals surface area contributed by atoms with Crippen LogP contribution in [0, 0.1) is 17.8 Å². The summed E-state index contributed by atoms with van der Waals surface area (Å²) in [5, 5.41) is 0. The van der Waals surface area contributed by atoms with Crippen molar-refractivity contribution >= 4 is 11.6 Å². The van der Waals surface area contributed by atoms with Gasteiger partial charge in [-0.3, -0.25) is 9.59 Å². The minimum absolute atomic E-state index is 0.465. The van der Waals surface area contributed by atoms with Crippen LogP contribution < -0.4 is 0 Å². The monoisotopic (exact) mass is 448 g/mol. The van der Waals surface area contributed by atoms with Crippen LogP contribution in [0.2, 0.25) is 0 Å². The molecule has 0 aromatic rings. The summed E-state index contributed by atoms with van der Waals surface area (Å²) in [6.07, 6.45) is 25.5. The number of Topliss-reactive ketones (excluding diaryl/α,β-unsaturated/α-hetero) is 2. The van der Waals surface area contributed by atoms with Gasteiger partial charge in [0, 0.05) is 25.7 Å². The molecule has 1 fully saturated rings. The van der Waals surface area contributed by atoms with Crippen LogP contribution in [-0.2, 0) is 9.59 Å². The molecule has 2 nitrogen and oxygen atoms in total. The lowest BCUT2D eigenvalue weighted by molar-refractivity contribution is -0.123. The second kappa shape index (κ2) is 19.8. The summed E-state index contributed by atoms with van der Waals surface area (Å²) in [4.78, 5) is 25.5. The Morgan fingerprint density at radius 3 is 1.50 bits per heavy atom. The average molecular weight is 449 g/mol. The minimum atomic E-state index is 0.465. The first-order valence-corrected chi connectivity index (χ1v) is 14.7. The number of unbranched alkanes of at least 4 members (excludes halogenated alkanes) is 12. The van der Waals surface area contributed by atoms with Crippen molar-refractivity contribution in [1.82, 2.24) is 0 Å². The molecule has 0 spiro atoms. The van der Waals surface area contributed by atoms with E-state index in [2.05, 4.69) is 20.8 Å². The van der Waals surface area contributed by atoms with Crippen molar-refractivity contribution in [2.45, 2.75) is 162 Å². The van der Waals surface area contributed by atoms with E-state index in [9.17, 15) is 9.59 Å². The summed E-state index contributed by atoms with van der Waals surface area (Å²) < 4.78 is 0. The van der Waals surface area contributed by atoms with Gasteiger partial charge in [-0.2, -0.15) is 0 Å². The van der Waals surface area contributed by atoms with Gasteiger partial charge in [0.15, 0.2) is 0 Å². The molecule has 1 aliphatic carbocycles. The zero-order chi connectivity index (χ0) is 23.4. The lowest BCUT2D eigenvalue weighted by atomic mass is 9.79. The smallest absolute Gasteiger partial charge is 0.133 e. The van der Waals surface area contributed by atoms with Crippen LogP contribution in [-0.4, -0.2) is 11.6 Å². The maximum absolute atomic E-state index is 12.8. The lowest BCUT2D eigenvalue weighted by Crippen LogP contribution is -2.21. The molecule has 1 aliphatic rings. The predicted octanol–water partition coefficient (Wildman–Crippen LogP) is 9.63. The zero-order valence-electron chi connectivity index (χ0n) is 22.1. The van der Waals surface area contributed by atoms with Crippen molar-refractivity contribution in [2.75, 3.05) is 0 Å². The summed E-state index contributed by atoms with van der Waals surface area (Å²) in [5.74, 6) is 2.58. The van der Waals surface area contributed by atoms with E-state index in [1.807, 2.05) is 0 Å². The van der Waals surface area contributed by atoms with Crippen molar-refractivity contribution in [1.29, 1.82) is 0 Å². The molecule has 3 unspecified atom stereocenters. The number of carbonyl (C=O) groups excluding carboxylic acids is 2. The molecule has 0 amide bonds. The van der Waals surface area contributed by atoms with Crippen LogP contribution in [0.25, 0.3) is 0 Å². The Hall–Kier alpha value is -0.660. The second-order valence-electron chi connectivity index (χ2n) is 10.8. The van der Waals surface area contributed by atoms with Crippen LogP contribution >= 0.6 is 0 Å². The fraction of sp³-hybridized carbons (Fsp3) is 0.933. The van der Waals surface area contributed by atoms with Crippen LogP contribution in [0.3, 0.4) is 0 Å². The van der Waals surface area contributed by atoms with Gasteiger partial charge in [0.2, 0.25) is 0 Å². The lowest BCUT2D eigenvalue weighted by Gasteiger charge is -2.24. The average Bonchev–Trinajstić information content (AvgIpc) is 3.14. The third-order valence-corrected chi connectivity index (χ3v) is 7.87. The highest BCUT2D eigenvalue weighted by molar-refractivity contribution is 5.80. The Morgan fingerprint density at radius 2 is 0.969 bits per heavy atom. The molecule has 0 aromatic heterocycles. The number of hydrogen-bond donors (Lipinski definition) is 0. The molecule has 1 rings (SSSR count). The normalized spacial score (nSPS) is 20.7. The van der Waals surface area contributed by atoms with Crippen molar-refractivity contribution in [3.8, 4) is 0 Å². The molecule has 2 heteroatoms. The molecule has 0 radical (unpaired) electrons. The highest BCUT2D eigenvalue weighted by Crippen LogP contribution is 2.44. The largest absolute Gasteiger partial charge is 0.300 e. The van der Waals surface area contributed by atoms with Crippen molar-refractivity contribution in [3.05, 3.63) is 0 Å². The number of rotatable bonds is 22. The highest BCUT2D eigenvalue weighted by Gasteiger charge is 2.37. The summed E-state index contributed by atoms with van der Waals surface area (Å²) in [6, 6.07) is 0. The SMILES string of the molecule is CCCCCCCC(=O)CC1CCC(CCCCCCC)C1CC(=O)CCCCCCC. The van der Waals surface area contributed by atoms with Crippen LogP contribution in [0.15, 0.2) is 0 Å². The Kier molecular flexibility index (Phi) is 18.2. The second-order valence-corrected chi connectivity index (χ2v) is 10.8. The van der Waals surface area contributed by atoms with Gasteiger partial charge >= 0.3 is 0 Å². The van der Waals surface area contributed by atoms with Gasteiger partial charge < -0.3 is 0 Å². The topological polar surface area (TPSA) is 34.1 Å². The van der Waals surface area contributed by atoms with Crippen LogP contribution in [0.5, 0.6) is 0 Å². The van der Waals surface area contributed by atoms with E-state index >= 15 is 0 Å². The quantitative estimate of drug-likeness (QED) is 0.154. The van der Waals surface area contributed by atoms with Crippen molar-refractivity contribution < 1.29 is 9.59 Å². The summed E-state index contributed by atoms with van der Waals surface area (Å²) in [6.45, 7) is 6.74. The minimum Gasteiger partial charge on any atom is -0.300 e. The van der Waals surface area contributed by atoms with Gasteiger partial charge in [-0.1, -0.05) is 111 Å². The van der Waals surface area contributed by atoms with Gasteiger partial charge in [0.05, 0.1) is 0 Å². The van der Waals surface area contributed by atoms with Gasteiger partial charge in [0.1, 0.15) is 11.6 Å². The molecule has 0 bridgehead atoms. The molecule has 0 N–H and O–H groups in total. The summed E-state index contributed by atoms with van der Waals surface area (Å²) in [5.41, 5.74) is 0. The molecular formula is C30H56O2. The molecule has 3 atom stereocenters. The van der Waals surface area contributed by atoms with E-state index in [0.29, 0.717) is 29.3 Å². The van der Waals surface area contributed by atoms with Gasteiger partial charge in [-0.25, -0.2) is 0 Å². The van der Waals surface area contributed by atoms with E-state index in [1.165, 1.54) is 103 Å². The van der Waals surface area contributed by atoms with E-state index in [1.54, 1.807) is 0 Å². The number of hydrogen-bond acceptors (Lipinski definition) is 2. The molecule has 188 valence electrons. The van der Waals surface area contributed by atoms with E-state index in [-0.39, 0.29) is 0 Å². The Balaban J connectivity index is 2.49. The molecule has 0 saturated heterocycles. The Bertz CT molecular complexity index is 469. The van der Waals surface area contributed by atoms with Gasteiger partial charge in [-0.15, -0.1) is 0 Å². The van der Waals surface area contributed by atoms with E-state index < -0.39 is 0 Å². The number of carbonyl (C=O) groups is 2. The zero-order valence-corrected chi connectivity index (χ0v) is 22.1. The summed E-state index contributed by atoms with van der Waals surface area (Å²) in [7, 11) is 0. The first kappa shape index (κ1) is 29.4. The first-order valence-electron chi connectivity index (χ1n) is 14.7. The standard InChI is InChI=1S/C30H56O2/c1-4-7-10-13-16-19-26-22-23-27(24-28(31)20-17-14-11-8-5-2)30(26)25-29(32)21-18-15-12-9-6-3/h26-27,30H,4-25H2,1-3H3. The van der Waals surface area contributed by atoms with Crippen LogP contribution in [0.1, 0.15) is 162 Å². The third-order valence-electron chi connectivity index (χ3n) is 7.87. The summed E-state index contributed by atoms with van der Waals surface area (Å²) >= 11 is 0. The molecule has 0 aromatic carbocycles. The van der Waals surface area contributed by atoms with E-state index in [4.69, 9.17) is 0 Å². The molecular weight excluding hydrogens is 392 g/mol. The fourth-order valence-electron chi connectivity index (χ4n) is 5.81. The molecule has 32 heavy (non-hydrogen) atoms. The van der Waals surface area contributed by atoms with E-state index in [0.717, 1.165) is 38.5 Å². The van der Waals surface area contributed by atoms with Crippen molar-refractivity contribution in [2.24, 2.45) is 17.8 Å². The molecule has 0 aliphatic heterocycles. The predicted molar refractivity (Wildman–Crippen MR) is 139 cm³/mol. The van der Waals surface area contributed by atoms with Gasteiger partial charge in [-0.05, 0) is 43.4 Å². The van der Waals surface area contributed by atoms with Gasteiger partial charge in [0.25, 0.3) is 0 Å². The Morgan fingerprint density at radius 1 is 0.531 bits per heavy atom. The Labute approximate surface area is 201 Å². The number of ketones is 2. The fourth-order valence-corrected chi connectivity index (χ4v) is 5.81. The molecule has 1 saturated carbocycles. The maximum Gasteiger partial charge on any atom is 0.133 e. The maximum atomic E-state index is 12.8. The van der Waals surface area contributed by atoms with Crippen molar-refractivity contribution in [3.63, 3.8) is 0 Å². The highest BCUT2D eigenvalue weighted by atomic mass is 16.1. The third kappa shape index (κ3) is 13.8. The molecule has 0 heterocycles. The van der Waals surface area contributed by atoms with Crippen LogP contribution in [0.4, 0.5) is 0 Å². The first-order chi connectivity index (χ1) is 15.6.